The molecule has 0 aromatic carbocycles. The van der Waals surface area contributed by atoms with Crippen molar-refractivity contribution < 1.29 is 18.4 Å². The van der Waals surface area contributed by atoms with Crippen LogP contribution in [0.2, 0.25) is 0 Å². The molecule has 0 spiro atoms. The summed E-state index contributed by atoms with van der Waals surface area (Å²) < 4.78 is 24.4. The van der Waals surface area contributed by atoms with Gasteiger partial charge in [0.1, 0.15) is 4.75 Å². The third-order valence-electron chi connectivity index (χ3n) is 4.23. The van der Waals surface area contributed by atoms with Gasteiger partial charge in [-0.05, 0) is 36.4 Å². The third kappa shape index (κ3) is 2.96. The van der Waals surface area contributed by atoms with E-state index < -0.39 is 20.5 Å². The van der Waals surface area contributed by atoms with Crippen molar-refractivity contribution >= 4 is 38.4 Å². The molecule has 0 aliphatic carbocycles. The van der Waals surface area contributed by atoms with Crippen molar-refractivity contribution in [1.29, 1.82) is 0 Å². The van der Waals surface area contributed by atoms with E-state index in [-0.39, 0.29) is 12.2 Å². The average molecular weight is 372 g/mol. The second-order valence-electron chi connectivity index (χ2n) is 5.62. The zero-order valence-corrected chi connectivity index (χ0v) is 14.8. The van der Waals surface area contributed by atoms with Gasteiger partial charge in [-0.1, -0.05) is 12.5 Å². The summed E-state index contributed by atoms with van der Waals surface area (Å²) in [4.78, 5) is 14.5. The van der Waals surface area contributed by atoms with Crippen LogP contribution in [0.3, 0.4) is 0 Å². The van der Waals surface area contributed by atoms with Crippen LogP contribution in [0.5, 0.6) is 0 Å². The molecule has 1 saturated heterocycles. The quantitative estimate of drug-likeness (QED) is 0.639. The molecule has 5 nitrogen and oxygen atoms in total. The molecule has 0 radical (unpaired) electrons. The van der Waals surface area contributed by atoms with Gasteiger partial charge in [0, 0.05) is 14.6 Å². The number of rotatable bonds is 4. The predicted molar refractivity (Wildman–Crippen MR) is 91.5 cm³/mol. The molecule has 3 rings (SSSR count). The van der Waals surface area contributed by atoms with Crippen LogP contribution in [-0.4, -0.2) is 25.3 Å². The van der Waals surface area contributed by atoms with Crippen LogP contribution >= 0.6 is 22.7 Å². The molecule has 124 valence electrons. The molecule has 2 aromatic rings. The lowest BCUT2D eigenvalue weighted by Gasteiger charge is -2.35. The van der Waals surface area contributed by atoms with Crippen LogP contribution in [0.1, 0.15) is 30.6 Å². The maximum Gasteiger partial charge on any atom is 0.245 e. The first-order valence-electron chi connectivity index (χ1n) is 7.28. The highest BCUT2D eigenvalue weighted by atomic mass is 32.2. The van der Waals surface area contributed by atoms with Crippen molar-refractivity contribution in [2.24, 2.45) is 0 Å². The number of hydrogen-bond acceptors (Lipinski definition) is 6. The molecular weight excluding hydrogens is 354 g/mol. The van der Waals surface area contributed by atoms with Crippen LogP contribution in [0.25, 0.3) is 9.75 Å². The minimum absolute atomic E-state index is 0.0813. The molecule has 2 aromatic heterocycles. The summed E-state index contributed by atoms with van der Waals surface area (Å²) in [7, 11) is -3.46. The number of hydrogen-bond donors (Lipinski definition) is 2. The van der Waals surface area contributed by atoms with E-state index in [1.54, 1.807) is 16.8 Å². The van der Waals surface area contributed by atoms with E-state index in [1.165, 1.54) is 11.3 Å². The predicted octanol–water partition coefficient (Wildman–Crippen LogP) is 3.17. The smallest absolute Gasteiger partial charge is 0.245 e. The largest absolute Gasteiger partial charge is 0.289 e. The van der Waals surface area contributed by atoms with Gasteiger partial charge >= 0.3 is 0 Å². The summed E-state index contributed by atoms with van der Waals surface area (Å²) in [6.45, 7) is 0. The lowest BCUT2D eigenvalue weighted by atomic mass is 9.94. The Morgan fingerprint density at radius 1 is 1.26 bits per heavy atom. The number of carbonyl (C=O) groups is 1. The number of amides is 1. The fourth-order valence-electron chi connectivity index (χ4n) is 3.05. The molecular formula is C15H17NO4S3. The molecule has 23 heavy (non-hydrogen) atoms. The van der Waals surface area contributed by atoms with Gasteiger partial charge in [-0.15, -0.1) is 22.7 Å². The Labute approximate surface area is 142 Å². The normalized spacial score (nSPS) is 23.5. The molecule has 1 amide bonds. The SMILES string of the molecule is O=C(C[C@]1(c2ccc(-c3cccs3)s2)CCCCS1(=O)=O)NO. The molecule has 1 atom stereocenters. The minimum Gasteiger partial charge on any atom is -0.289 e. The van der Waals surface area contributed by atoms with Gasteiger partial charge in [0.2, 0.25) is 5.91 Å². The van der Waals surface area contributed by atoms with E-state index in [9.17, 15) is 13.2 Å². The van der Waals surface area contributed by atoms with E-state index in [4.69, 9.17) is 5.21 Å². The minimum atomic E-state index is -3.46. The number of hydroxylamine groups is 1. The summed E-state index contributed by atoms with van der Waals surface area (Å²) in [5.41, 5.74) is 1.58. The highest BCUT2D eigenvalue weighted by Crippen LogP contribution is 2.47. The monoisotopic (exact) mass is 371 g/mol. The molecule has 0 bridgehead atoms. The van der Waals surface area contributed by atoms with E-state index in [2.05, 4.69) is 0 Å². The summed E-state index contributed by atoms with van der Waals surface area (Å²) in [5.74, 6) is -0.584. The van der Waals surface area contributed by atoms with E-state index >= 15 is 0 Å². The van der Waals surface area contributed by atoms with Gasteiger partial charge in [0.15, 0.2) is 9.84 Å². The van der Waals surface area contributed by atoms with Gasteiger partial charge < -0.3 is 0 Å². The summed E-state index contributed by atoms with van der Waals surface area (Å²) in [5, 5.41) is 10.8. The highest BCUT2D eigenvalue weighted by Gasteiger charge is 2.49. The lowest BCUT2D eigenvalue weighted by molar-refractivity contribution is -0.130. The molecule has 0 saturated carbocycles. The van der Waals surface area contributed by atoms with E-state index in [1.807, 2.05) is 29.6 Å². The van der Waals surface area contributed by atoms with Crippen molar-refractivity contribution in [3.63, 3.8) is 0 Å². The van der Waals surface area contributed by atoms with E-state index in [0.717, 1.165) is 16.2 Å². The second kappa shape index (κ2) is 6.35. The number of nitrogens with one attached hydrogen (secondary N) is 1. The zero-order chi connectivity index (χ0) is 16.5. The maximum atomic E-state index is 12.8. The fraction of sp³-hybridized carbons (Fsp3) is 0.400. The van der Waals surface area contributed by atoms with Gasteiger partial charge in [0.25, 0.3) is 0 Å². The van der Waals surface area contributed by atoms with Gasteiger partial charge in [0.05, 0.1) is 12.2 Å². The Morgan fingerprint density at radius 3 is 2.74 bits per heavy atom. The molecule has 3 heterocycles. The van der Waals surface area contributed by atoms with Crippen molar-refractivity contribution in [2.45, 2.75) is 30.4 Å². The van der Waals surface area contributed by atoms with Crippen molar-refractivity contribution in [1.82, 2.24) is 5.48 Å². The molecule has 0 unspecified atom stereocenters. The topological polar surface area (TPSA) is 83.5 Å². The average Bonchev–Trinajstić information content (AvgIpc) is 3.19. The van der Waals surface area contributed by atoms with Crippen LogP contribution in [0.15, 0.2) is 29.6 Å². The fourth-order valence-corrected chi connectivity index (χ4v) is 7.66. The van der Waals surface area contributed by atoms with Crippen molar-refractivity contribution in [2.75, 3.05) is 5.75 Å². The molecule has 1 aliphatic rings. The van der Waals surface area contributed by atoms with Crippen molar-refractivity contribution in [3.05, 3.63) is 34.5 Å². The lowest BCUT2D eigenvalue weighted by Crippen LogP contribution is -2.43. The Kier molecular flexibility index (Phi) is 4.59. The maximum absolute atomic E-state index is 12.8. The first-order valence-corrected chi connectivity index (χ1v) is 10.6. The van der Waals surface area contributed by atoms with Crippen molar-refractivity contribution in [3.8, 4) is 9.75 Å². The van der Waals surface area contributed by atoms with E-state index in [0.29, 0.717) is 17.7 Å². The first kappa shape index (κ1) is 16.6. The summed E-state index contributed by atoms with van der Waals surface area (Å²) >= 11 is 3.02. The number of thiophene rings is 2. The molecule has 1 fully saturated rings. The first-order chi connectivity index (χ1) is 11.0. The van der Waals surface area contributed by atoms with Crippen LogP contribution in [0, 0.1) is 0 Å². The Bertz CT molecular complexity index is 795. The molecule has 1 aliphatic heterocycles. The van der Waals surface area contributed by atoms with Gasteiger partial charge in [-0.2, -0.15) is 0 Å². The molecule has 8 heteroatoms. The number of sulfone groups is 1. The van der Waals surface area contributed by atoms with Gasteiger partial charge in [-0.3, -0.25) is 10.0 Å². The van der Waals surface area contributed by atoms with Crippen LogP contribution in [0.4, 0.5) is 0 Å². The summed E-state index contributed by atoms with van der Waals surface area (Å²) in [6, 6.07) is 7.66. The molecule has 2 N–H and O–H groups in total. The van der Waals surface area contributed by atoms with Gasteiger partial charge in [-0.25, -0.2) is 13.9 Å². The second-order valence-corrected chi connectivity index (χ2v) is 10.1. The summed E-state index contributed by atoms with van der Waals surface area (Å²) in [6.07, 6.45) is 1.54. The third-order valence-corrected chi connectivity index (χ3v) is 9.30. The zero-order valence-electron chi connectivity index (χ0n) is 12.3. The Hall–Kier alpha value is -1.22. The standard InChI is InChI=1S/C15H17NO4S3/c17-14(16-18)10-15(7-1-2-9-23(15,19)20)13-6-5-12(22-13)11-4-3-8-21-11/h3-6,8,18H,1-2,7,9-10H2,(H,16,17)/t15-/m0/s1. The number of carbonyl (C=O) groups excluding carboxylic acids is 1. The highest BCUT2D eigenvalue weighted by molar-refractivity contribution is 7.92. The van der Waals surface area contributed by atoms with Crippen LogP contribution < -0.4 is 5.48 Å². The Morgan fingerprint density at radius 2 is 2.09 bits per heavy atom. The Balaban J connectivity index is 2.07. The van der Waals surface area contributed by atoms with Crippen LogP contribution in [-0.2, 0) is 19.4 Å².